The average Bonchev–Trinajstić information content (AvgIpc) is 2.56. The Morgan fingerprint density at radius 2 is 1.69 bits per heavy atom. The van der Waals surface area contributed by atoms with Crippen molar-refractivity contribution in [1.82, 2.24) is 20.6 Å². The highest BCUT2D eigenvalue weighted by molar-refractivity contribution is 5.91. The third-order valence-corrected chi connectivity index (χ3v) is 3.69. The third kappa shape index (κ3) is 11.9. The van der Waals surface area contributed by atoms with Crippen LogP contribution in [0.3, 0.4) is 0 Å². The van der Waals surface area contributed by atoms with Gasteiger partial charge in [-0.1, -0.05) is 0 Å². The minimum absolute atomic E-state index is 0.0306. The van der Waals surface area contributed by atoms with Gasteiger partial charge in [-0.05, 0) is 67.7 Å². The summed E-state index contributed by atoms with van der Waals surface area (Å²) in [5, 5.41) is 7.62. The molecule has 0 aromatic carbocycles. The monoisotopic (exact) mass is 453 g/mol. The summed E-state index contributed by atoms with van der Waals surface area (Å²) < 4.78 is 10.6. The molecule has 3 amide bonds. The zero-order chi connectivity index (χ0) is 24.5. The number of nitrogens with one attached hydrogen (secondary N) is 4. The first-order valence-corrected chi connectivity index (χ1v) is 10.5. The smallest absolute Gasteiger partial charge is 0.407 e. The Labute approximate surface area is 188 Å². The van der Waals surface area contributed by atoms with E-state index in [0.29, 0.717) is 25.1 Å². The van der Waals surface area contributed by atoms with Crippen LogP contribution in [0.15, 0.2) is 10.9 Å². The lowest BCUT2D eigenvalue weighted by molar-refractivity contribution is -0.157. The fourth-order valence-corrected chi connectivity index (χ4v) is 2.54. The number of nitrogens with zero attached hydrogens (tertiary/aromatic N) is 1. The zero-order valence-corrected chi connectivity index (χ0v) is 19.9. The van der Waals surface area contributed by atoms with Crippen molar-refractivity contribution >= 4 is 24.0 Å². The number of H-pyrrole nitrogens is 1. The topological polar surface area (TPSA) is 152 Å². The van der Waals surface area contributed by atoms with Gasteiger partial charge in [0.05, 0.1) is 0 Å². The van der Waals surface area contributed by atoms with Gasteiger partial charge in [0, 0.05) is 18.3 Å². The van der Waals surface area contributed by atoms with E-state index in [1.165, 1.54) is 6.07 Å². The summed E-state index contributed by atoms with van der Waals surface area (Å²) in [6, 6.07) is -0.341. The van der Waals surface area contributed by atoms with E-state index in [0.717, 1.165) is 0 Å². The van der Waals surface area contributed by atoms with Crippen molar-refractivity contribution in [1.29, 1.82) is 0 Å². The number of aromatic amines is 1. The molecule has 1 rings (SSSR count). The molecular weight excluding hydrogens is 418 g/mol. The molecule has 1 heterocycles. The van der Waals surface area contributed by atoms with Gasteiger partial charge in [-0.2, -0.15) is 0 Å². The van der Waals surface area contributed by atoms with Crippen LogP contribution >= 0.6 is 0 Å². The van der Waals surface area contributed by atoms with E-state index in [1.54, 1.807) is 48.5 Å². The van der Waals surface area contributed by atoms with Crippen molar-refractivity contribution in [2.75, 3.05) is 11.9 Å². The maximum absolute atomic E-state index is 12.6. The number of rotatable bonds is 8. The van der Waals surface area contributed by atoms with Crippen molar-refractivity contribution in [3.63, 3.8) is 0 Å². The molecule has 0 fully saturated rings. The van der Waals surface area contributed by atoms with Crippen molar-refractivity contribution < 1.29 is 23.9 Å². The molecule has 0 saturated carbocycles. The molecule has 4 N–H and O–H groups in total. The second kappa shape index (κ2) is 11.5. The van der Waals surface area contributed by atoms with Crippen molar-refractivity contribution in [3.05, 3.63) is 22.1 Å². The van der Waals surface area contributed by atoms with Crippen molar-refractivity contribution in [2.24, 2.45) is 0 Å². The van der Waals surface area contributed by atoms with Gasteiger partial charge in [-0.15, -0.1) is 0 Å². The molecule has 0 aliphatic rings. The summed E-state index contributed by atoms with van der Waals surface area (Å²) in [6.07, 6.45) is 0.864. The molecule has 180 valence electrons. The van der Waals surface area contributed by atoms with Crippen LogP contribution in [0.5, 0.6) is 0 Å². The predicted octanol–water partition coefficient (Wildman–Crippen LogP) is 2.61. The van der Waals surface area contributed by atoms with Crippen molar-refractivity contribution in [2.45, 2.75) is 85.0 Å². The van der Waals surface area contributed by atoms with E-state index in [1.807, 2.05) is 0 Å². The number of anilines is 1. The normalized spacial score (nSPS) is 12.5. The standard InChI is InChI=1S/C21H35N5O6/c1-13-12-15(27)25-17(23-13)26-18(29)24-14(16(28)31-20(2,3)4)10-8-9-11-22-19(30)32-21(5,6)7/h12,14H,8-11H2,1-7H3,(H,22,30)(H3,23,24,25,26,27,29). The molecule has 0 bridgehead atoms. The second-order valence-corrected chi connectivity index (χ2v) is 9.34. The fourth-order valence-electron chi connectivity index (χ4n) is 2.54. The van der Waals surface area contributed by atoms with E-state index in [9.17, 15) is 19.2 Å². The summed E-state index contributed by atoms with van der Waals surface area (Å²) in [5.41, 5.74) is -1.28. The molecule has 0 spiro atoms. The van der Waals surface area contributed by atoms with E-state index < -0.39 is 40.9 Å². The lowest BCUT2D eigenvalue weighted by Crippen LogP contribution is -2.46. The Kier molecular flexibility index (Phi) is 9.67. The summed E-state index contributed by atoms with van der Waals surface area (Å²) in [6.45, 7) is 12.5. The van der Waals surface area contributed by atoms with Gasteiger partial charge in [0.25, 0.3) is 5.56 Å². The maximum atomic E-state index is 12.6. The maximum Gasteiger partial charge on any atom is 0.407 e. The van der Waals surface area contributed by atoms with Crippen LogP contribution in [0.1, 0.15) is 66.5 Å². The van der Waals surface area contributed by atoms with Crippen LogP contribution in [-0.2, 0) is 14.3 Å². The zero-order valence-electron chi connectivity index (χ0n) is 19.9. The van der Waals surface area contributed by atoms with E-state index >= 15 is 0 Å². The average molecular weight is 454 g/mol. The molecule has 0 radical (unpaired) electrons. The minimum Gasteiger partial charge on any atom is -0.458 e. The van der Waals surface area contributed by atoms with Crippen LogP contribution in [-0.4, -0.2) is 51.9 Å². The number of hydrogen-bond acceptors (Lipinski definition) is 7. The van der Waals surface area contributed by atoms with E-state index in [-0.39, 0.29) is 12.4 Å². The number of carbonyl (C=O) groups excluding carboxylic acids is 3. The number of carbonyl (C=O) groups is 3. The first kappa shape index (κ1) is 26.9. The number of ether oxygens (including phenoxy) is 2. The molecule has 1 atom stereocenters. The predicted molar refractivity (Wildman–Crippen MR) is 119 cm³/mol. The summed E-state index contributed by atoms with van der Waals surface area (Å²) in [4.78, 5) is 54.5. The Balaban J connectivity index is 2.64. The number of unbranched alkanes of at least 4 members (excludes halogenated alkanes) is 1. The van der Waals surface area contributed by atoms with Gasteiger partial charge in [-0.3, -0.25) is 15.1 Å². The molecule has 0 aliphatic carbocycles. The number of amides is 3. The Morgan fingerprint density at radius 3 is 2.25 bits per heavy atom. The van der Waals surface area contributed by atoms with Gasteiger partial charge in [0.1, 0.15) is 17.2 Å². The fraction of sp³-hybridized carbons (Fsp3) is 0.667. The summed E-state index contributed by atoms with van der Waals surface area (Å²) in [7, 11) is 0. The molecule has 11 nitrogen and oxygen atoms in total. The first-order chi connectivity index (χ1) is 14.6. The molecule has 1 aromatic rings. The number of aromatic nitrogens is 2. The summed E-state index contributed by atoms with van der Waals surface area (Å²) >= 11 is 0. The molecular formula is C21H35N5O6. The highest BCUT2D eigenvalue weighted by atomic mass is 16.6. The number of urea groups is 1. The largest absolute Gasteiger partial charge is 0.458 e. The van der Waals surface area contributed by atoms with E-state index in [2.05, 4.69) is 25.9 Å². The molecule has 0 saturated heterocycles. The SMILES string of the molecule is Cc1cc(=O)[nH]c(NC(=O)NC(CCCCNC(=O)OC(C)(C)C)C(=O)OC(C)(C)C)n1. The number of aryl methyl sites for hydroxylation is 1. The Bertz CT molecular complexity index is 853. The quantitative estimate of drug-likeness (QED) is 0.349. The van der Waals surface area contributed by atoms with Gasteiger partial charge < -0.3 is 20.1 Å². The van der Waals surface area contributed by atoms with Gasteiger partial charge in [0.2, 0.25) is 5.95 Å². The lowest BCUT2D eigenvalue weighted by Gasteiger charge is -2.24. The van der Waals surface area contributed by atoms with Crippen LogP contribution < -0.4 is 21.5 Å². The molecule has 0 aliphatic heterocycles. The minimum atomic E-state index is -0.924. The number of hydrogen-bond donors (Lipinski definition) is 4. The van der Waals surface area contributed by atoms with Crippen LogP contribution in [0.4, 0.5) is 15.5 Å². The number of esters is 1. The Morgan fingerprint density at radius 1 is 1.06 bits per heavy atom. The Hall–Kier alpha value is -3.11. The van der Waals surface area contributed by atoms with Gasteiger partial charge in [0.15, 0.2) is 0 Å². The van der Waals surface area contributed by atoms with Crippen LogP contribution in [0.2, 0.25) is 0 Å². The summed E-state index contributed by atoms with van der Waals surface area (Å²) in [5.74, 6) is -0.615. The third-order valence-electron chi connectivity index (χ3n) is 3.69. The molecule has 1 unspecified atom stereocenters. The van der Waals surface area contributed by atoms with Crippen molar-refractivity contribution in [3.8, 4) is 0 Å². The molecule has 32 heavy (non-hydrogen) atoms. The number of alkyl carbamates (subject to hydrolysis) is 1. The highest BCUT2D eigenvalue weighted by Gasteiger charge is 2.26. The van der Waals surface area contributed by atoms with Crippen LogP contribution in [0, 0.1) is 6.92 Å². The van der Waals surface area contributed by atoms with Gasteiger partial charge >= 0.3 is 18.1 Å². The van der Waals surface area contributed by atoms with E-state index in [4.69, 9.17) is 9.47 Å². The van der Waals surface area contributed by atoms with Crippen LogP contribution in [0.25, 0.3) is 0 Å². The molecule has 1 aromatic heterocycles. The van der Waals surface area contributed by atoms with Gasteiger partial charge in [-0.25, -0.2) is 19.4 Å². The second-order valence-electron chi connectivity index (χ2n) is 9.34. The first-order valence-electron chi connectivity index (χ1n) is 10.5. The highest BCUT2D eigenvalue weighted by Crippen LogP contribution is 2.12. The lowest BCUT2D eigenvalue weighted by atomic mass is 10.1. The molecule has 11 heteroatoms.